The molecule has 5 rings (SSSR count). The first-order valence-electron chi connectivity index (χ1n) is 16.3. The third-order valence-electron chi connectivity index (χ3n) is 8.34. The maximum Gasteiger partial charge on any atom is 0.410 e. The quantitative estimate of drug-likeness (QED) is 0.189. The van der Waals surface area contributed by atoms with Crippen molar-refractivity contribution in [3.8, 4) is 0 Å². The second-order valence-corrected chi connectivity index (χ2v) is 11.9. The molecule has 4 aromatic rings. The maximum absolute atomic E-state index is 13.6. The molecule has 0 aliphatic carbocycles. The van der Waals surface area contributed by atoms with Crippen LogP contribution in [0.4, 0.5) is 4.79 Å². The van der Waals surface area contributed by atoms with E-state index in [9.17, 15) is 19.2 Å². The SMILES string of the molecule is O=C(N[C@@H](COC(=O)[C@H](Cc1ccccc1)NC(=O)C1CCN(C(=O)OCc2ccccc2)CC1)Cc1ccccc1)c1ccccc1. The summed E-state index contributed by atoms with van der Waals surface area (Å²) in [6.07, 6.45) is 1.19. The number of rotatable bonds is 13. The van der Waals surface area contributed by atoms with E-state index in [0.717, 1.165) is 16.7 Å². The second kappa shape index (κ2) is 17.5. The van der Waals surface area contributed by atoms with Crippen LogP contribution in [0.2, 0.25) is 0 Å². The first-order valence-corrected chi connectivity index (χ1v) is 16.3. The first kappa shape index (κ1) is 33.9. The number of carbonyl (C=O) groups is 4. The third-order valence-corrected chi connectivity index (χ3v) is 8.34. The molecule has 0 radical (unpaired) electrons. The summed E-state index contributed by atoms with van der Waals surface area (Å²) >= 11 is 0. The Kier molecular flexibility index (Phi) is 12.3. The van der Waals surface area contributed by atoms with Crippen LogP contribution in [0.1, 0.15) is 39.9 Å². The smallest absolute Gasteiger partial charge is 0.410 e. The van der Waals surface area contributed by atoms with Crippen molar-refractivity contribution in [2.75, 3.05) is 19.7 Å². The number of hydrogen-bond donors (Lipinski definition) is 2. The van der Waals surface area contributed by atoms with Crippen LogP contribution in [0.25, 0.3) is 0 Å². The van der Waals surface area contributed by atoms with Gasteiger partial charge in [0, 0.05) is 31.0 Å². The number of likely N-dealkylation sites (tertiary alicyclic amines) is 1. The lowest BCUT2D eigenvalue weighted by molar-refractivity contribution is -0.149. The molecule has 0 bridgehead atoms. The zero-order valence-corrected chi connectivity index (χ0v) is 26.8. The van der Waals surface area contributed by atoms with Crippen molar-refractivity contribution in [1.82, 2.24) is 15.5 Å². The number of esters is 1. The number of ether oxygens (including phenoxy) is 2. The van der Waals surface area contributed by atoms with Crippen molar-refractivity contribution in [3.05, 3.63) is 144 Å². The number of benzene rings is 4. The number of piperidine rings is 1. The van der Waals surface area contributed by atoms with Crippen LogP contribution in [0, 0.1) is 5.92 Å². The van der Waals surface area contributed by atoms with Gasteiger partial charge in [0.25, 0.3) is 5.91 Å². The largest absolute Gasteiger partial charge is 0.462 e. The summed E-state index contributed by atoms with van der Waals surface area (Å²) in [5.74, 6) is -1.48. The van der Waals surface area contributed by atoms with E-state index < -0.39 is 24.1 Å². The Morgan fingerprint density at radius 2 is 1.17 bits per heavy atom. The monoisotopic (exact) mass is 647 g/mol. The lowest BCUT2D eigenvalue weighted by atomic mass is 9.95. The predicted octanol–water partition coefficient (Wildman–Crippen LogP) is 5.35. The van der Waals surface area contributed by atoms with E-state index in [1.807, 2.05) is 97.1 Å². The van der Waals surface area contributed by atoms with Crippen molar-refractivity contribution in [1.29, 1.82) is 0 Å². The van der Waals surface area contributed by atoms with Gasteiger partial charge in [0.2, 0.25) is 5.91 Å². The fourth-order valence-electron chi connectivity index (χ4n) is 5.66. The van der Waals surface area contributed by atoms with Gasteiger partial charge in [0.05, 0.1) is 6.04 Å². The zero-order chi connectivity index (χ0) is 33.6. The highest BCUT2D eigenvalue weighted by molar-refractivity contribution is 5.94. The topological polar surface area (TPSA) is 114 Å². The van der Waals surface area contributed by atoms with Crippen LogP contribution < -0.4 is 10.6 Å². The van der Waals surface area contributed by atoms with E-state index in [-0.39, 0.29) is 37.4 Å². The van der Waals surface area contributed by atoms with E-state index in [2.05, 4.69) is 10.6 Å². The summed E-state index contributed by atoms with van der Waals surface area (Å²) in [5.41, 5.74) is 3.26. The summed E-state index contributed by atoms with van der Waals surface area (Å²) in [5, 5.41) is 5.93. The summed E-state index contributed by atoms with van der Waals surface area (Å²) in [4.78, 5) is 54.3. The lowest BCUT2D eigenvalue weighted by Crippen LogP contribution is -2.49. The number of carbonyl (C=O) groups excluding carboxylic acids is 4. The molecule has 4 aromatic carbocycles. The minimum atomic E-state index is -0.934. The highest BCUT2D eigenvalue weighted by Crippen LogP contribution is 2.19. The van der Waals surface area contributed by atoms with Crippen molar-refractivity contribution in [2.24, 2.45) is 5.92 Å². The third kappa shape index (κ3) is 10.3. The van der Waals surface area contributed by atoms with Crippen LogP contribution in [0.5, 0.6) is 0 Å². The minimum absolute atomic E-state index is 0.0725. The molecule has 2 atom stereocenters. The van der Waals surface area contributed by atoms with Gasteiger partial charge < -0.3 is 25.0 Å². The molecule has 248 valence electrons. The highest BCUT2D eigenvalue weighted by atomic mass is 16.6. The number of amides is 3. The van der Waals surface area contributed by atoms with Gasteiger partial charge in [0.15, 0.2) is 0 Å². The summed E-state index contributed by atoms with van der Waals surface area (Å²) in [6, 6.07) is 36.0. The van der Waals surface area contributed by atoms with Crippen molar-refractivity contribution < 1.29 is 28.7 Å². The fourth-order valence-corrected chi connectivity index (χ4v) is 5.66. The summed E-state index contributed by atoms with van der Waals surface area (Å²) in [6.45, 7) is 0.867. The molecule has 0 unspecified atom stereocenters. The molecule has 2 N–H and O–H groups in total. The minimum Gasteiger partial charge on any atom is -0.462 e. The van der Waals surface area contributed by atoms with Crippen LogP contribution >= 0.6 is 0 Å². The second-order valence-electron chi connectivity index (χ2n) is 11.9. The molecule has 1 aliphatic heterocycles. The van der Waals surface area contributed by atoms with E-state index in [4.69, 9.17) is 9.47 Å². The zero-order valence-electron chi connectivity index (χ0n) is 26.8. The van der Waals surface area contributed by atoms with E-state index >= 15 is 0 Å². The Labute approximate surface area is 281 Å². The Morgan fingerprint density at radius 3 is 1.75 bits per heavy atom. The molecule has 3 amide bonds. The molecule has 1 aliphatic rings. The van der Waals surface area contributed by atoms with E-state index in [1.54, 1.807) is 29.2 Å². The van der Waals surface area contributed by atoms with E-state index in [1.165, 1.54) is 0 Å². The van der Waals surface area contributed by atoms with E-state index in [0.29, 0.717) is 37.9 Å². The Hall–Kier alpha value is -5.44. The van der Waals surface area contributed by atoms with Gasteiger partial charge >= 0.3 is 12.1 Å². The molecule has 0 aromatic heterocycles. The van der Waals surface area contributed by atoms with Crippen molar-refractivity contribution >= 4 is 23.9 Å². The van der Waals surface area contributed by atoms with Crippen LogP contribution in [-0.2, 0) is 38.5 Å². The van der Waals surface area contributed by atoms with Gasteiger partial charge in [-0.1, -0.05) is 109 Å². The van der Waals surface area contributed by atoms with Crippen LogP contribution in [0.15, 0.2) is 121 Å². The molecule has 9 heteroatoms. The number of hydrogen-bond acceptors (Lipinski definition) is 6. The standard InChI is InChI=1S/C39H41N3O6/c43-36(32-19-11-4-12-20-32)40-34(25-29-13-5-1-6-14-29)28-47-38(45)35(26-30-15-7-2-8-16-30)41-37(44)33-21-23-42(24-22-33)39(46)48-27-31-17-9-3-10-18-31/h1-20,33-35H,21-28H2,(H,40,43)(H,41,44)/t34-,35+/m1/s1. The maximum atomic E-state index is 13.6. The fraction of sp³-hybridized carbons (Fsp3) is 0.282. The average Bonchev–Trinajstić information content (AvgIpc) is 3.14. The summed E-state index contributed by atoms with van der Waals surface area (Å²) in [7, 11) is 0. The van der Waals surface area contributed by atoms with Gasteiger partial charge in [-0.25, -0.2) is 9.59 Å². The lowest BCUT2D eigenvalue weighted by Gasteiger charge is -2.31. The van der Waals surface area contributed by atoms with Gasteiger partial charge in [-0.05, 0) is 48.1 Å². The van der Waals surface area contributed by atoms with Crippen molar-refractivity contribution in [2.45, 2.75) is 44.4 Å². The molecular weight excluding hydrogens is 606 g/mol. The first-order chi connectivity index (χ1) is 23.4. The van der Waals surface area contributed by atoms with Crippen molar-refractivity contribution in [3.63, 3.8) is 0 Å². The van der Waals surface area contributed by atoms with Crippen LogP contribution in [0.3, 0.4) is 0 Å². The highest BCUT2D eigenvalue weighted by Gasteiger charge is 2.32. The molecule has 1 heterocycles. The Balaban J connectivity index is 1.19. The predicted molar refractivity (Wildman–Crippen MR) is 182 cm³/mol. The number of nitrogens with zero attached hydrogens (tertiary/aromatic N) is 1. The normalized spacial score (nSPS) is 14.3. The molecule has 48 heavy (non-hydrogen) atoms. The molecule has 9 nitrogen and oxygen atoms in total. The molecule has 1 fully saturated rings. The molecule has 0 spiro atoms. The van der Waals surface area contributed by atoms with Gasteiger partial charge in [-0.3, -0.25) is 9.59 Å². The molecular formula is C39H41N3O6. The Morgan fingerprint density at radius 1 is 0.646 bits per heavy atom. The average molecular weight is 648 g/mol. The van der Waals surface area contributed by atoms with Gasteiger partial charge in [-0.15, -0.1) is 0 Å². The Bertz CT molecular complexity index is 1610. The van der Waals surface area contributed by atoms with Gasteiger partial charge in [0.1, 0.15) is 19.3 Å². The van der Waals surface area contributed by atoms with Gasteiger partial charge in [-0.2, -0.15) is 0 Å². The molecule has 0 saturated carbocycles. The van der Waals surface area contributed by atoms with Crippen LogP contribution in [-0.4, -0.2) is 60.6 Å². The summed E-state index contributed by atoms with van der Waals surface area (Å²) < 4.78 is 11.3. The molecule has 1 saturated heterocycles. The number of nitrogens with one attached hydrogen (secondary N) is 2.